The summed E-state index contributed by atoms with van der Waals surface area (Å²) in [6, 6.07) is 0. The Balaban J connectivity index is 2.15. The van der Waals surface area contributed by atoms with Crippen molar-refractivity contribution >= 4 is 11.6 Å². The second-order valence-corrected chi connectivity index (χ2v) is 4.78. The molecule has 2 aromatic heterocycles. The largest absolute Gasteiger partial charge is 0.444 e. The van der Waals surface area contributed by atoms with Crippen molar-refractivity contribution in [2.75, 3.05) is 10.7 Å². The number of oxazole rings is 1. The summed E-state index contributed by atoms with van der Waals surface area (Å²) in [4.78, 5) is 13.1. The first kappa shape index (κ1) is 15.2. The molecule has 0 aliphatic heterocycles. The molecule has 0 aliphatic rings. The Morgan fingerprint density at radius 2 is 2.00 bits per heavy atom. The number of anilines is 2. The molecule has 0 atom stereocenters. The molecule has 4 N–H and O–H groups in total. The zero-order chi connectivity index (χ0) is 15.2. The van der Waals surface area contributed by atoms with Crippen LogP contribution in [-0.4, -0.2) is 15.0 Å². The Morgan fingerprint density at radius 3 is 2.62 bits per heavy atom. The minimum atomic E-state index is 0.480. The summed E-state index contributed by atoms with van der Waals surface area (Å²) in [7, 11) is 0. The molecule has 0 unspecified atom stereocenters. The van der Waals surface area contributed by atoms with Crippen LogP contribution in [0.4, 0.5) is 11.6 Å². The maximum atomic E-state index is 5.57. The van der Waals surface area contributed by atoms with Crippen LogP contribution in [0.3, 0.4) is 0 Å². The van der Waals surface area contributed by atoms with Crippen LogP contribution in [0, 0.1) is 6.92 Å². The lowest BCUT2D eigenvalue weighted by Crippen LogP contribution is -2.15. The van der Waals surface area contributed by atoms with Crippen molar-refractivity contribution in [2.24, 2.45) is 5.84 Å². The average molecular weight is 290 g/mol. The SMILES string of the molecule is CCCc1nc(NN)c(C)c(NCc2ncc(CC)o2)n1. The summed E-state index contributed by atoms with van der Waals surface area (Å²) < 4.78 is 5.57. The molecule has 2 aromatic rings. The molecule has 114 valence electrons. The number of hydrogen-bond acceptors (Lipinski definition) is 7. The normalized spacial score (nSPS) is 10.7. The van der Waals surface area contributed by atoms with E-state index in [1.807, 2.05) is 13.8 Å². The van der Waals surface area contributed by atoms with Gasteiger partial charge in [0.05, 0.1) is 12.7 Å². The van der Waals surface area contributed by atoms with Crippen molar-refractivity contribution in [3.05, 3.63) is 29.2 Å². The number of nitrogens with two attached hydrogens (primary N) is 1. The van der Waals surface area contributed by atoms with Crippen molar-refractivity contribution in [3.63, 3.8) is 0 Å². The molecule has 7 nitrogen and oxygen atoms in total. The van der Waals surface area contributed by atoms with Gasteiger partial charge in [-0.25, -0.2) is 20.8 Å². The first-order valence-electron chi connectivity index (χ1n) is 7.19. The molecule has 0 aliphatic carbocycles. The van der Waals surface area contributed by atoms with E-state index in [0.717, 1.165) is 42.2 Å². The third-order valence-corrected chi connectivity index (χ3v) is 3.16. The summed E-state index contributed by atoms with van der Waals surface area (Å²) in [6.07, 6.45) is 4.37. The first-order valence-corrected chi connectivity index (χ1v) is 7.19. The van der Waals surface area contributed by atoms with Crippen LogP contribution >= 0.6 is 0 Å². The van der Waals surface area contributed by atoms with E-state index in [0.29, 0.717) is 18.3 Å². The first-order chi connectivity index (χ1) is 10.2. The topological polar surface area (TPSA) is 102 Å². The fraction of sp³-hybridized carbons (Fsp3) is 0.500. The molecule has 0 bridgehead atoms. The molecule has 2 rings (SSSR count). The number of hydrazine groups is 1. The van der Waals surface area contributed by atoms with Crippen LogP contribution in [0.25, 0.3) is 0 Å². The number of nitrogen functional groups attached to an aromatic ring is 1. The highest BCUT2D eigenvalue weighted by atomic mass is 16.4. The van der Waals surface area contributed by atoms with Crippen LogP contribution in [0.1, 0.15) is 43.3 Å². The molecule has 0 fully saturated rings. The van der Waals surface area contributed by atoms with E-state index in [2.05, 4.69) is 32.6 Å². The van der Waals surface area contributed by atoms with E-state index >= 15 is 0 Å². The van der Waals surface area contributed by atoms with E-state index in [1.54, 1.807) is 6.20 Å². The maximum Gasteiger partial charge on any atom is 0.213 e. The van der Waals surface area contributed by atoms with Crippen LogP contribution < -0.4 is 16.6 Å². The Hall–Kier alpha value is -2.15. The van der Waals surface area contributed by atoms with E-state index < -0.39 is 0 Å². The molecule has 0 spiro atoms. The molecular weight excluding hydrogens is 268 g/mol. The van der Waals surface area contributed by atoms with Gasteiger partial charge in [-0.1, -0.05) is 13.8 Å². The predicted molar refractivity (Wildman–Crippen MR) is 81.8 cm³/mol. The highest BCUT2D eigenvalue weighted by Gasteiger charge is 2.11. The maximum absolute atomic E-state index is 5.57. The van der Waals surface area contributed by atoms with Gasteiger partial charge in [0.2, 0.25) is 5.89 Å². The highest BCUT2D eigenvalue weighted by Crippen LogP contribution is 2.20. The lowest BCUT2D eigenvalue weighted by atomic mass is 10.2. The third-order valence-electron chi connectivity index (χ3n) is 3.16. The molecule has 0 saturated heterocycles. The molecule has 0 radical (unpaired) electrons. The second kappa shape index (κ2) is 7.03. The van der Waals surface area contributed by atoms with Gasteiger partial charge in [0, 0.05) is 18.4 Å². The number of rotatable bonds is 7. The summed E-state index contributed by atoms with van der Waals surface area (Å²) in [6.45, 7) is 6.52. The van der Waals surface area contributed by atoms with Crippen molar-refractivity contribution in [3.8, 4) is 0 Å². The number of hydrogen-bond donors (Lipinski definition) is 3. The lowest BCUT2D eigenvalue weighted by Gasteiger charge is -2.12. The molecular formula is C14H22N6O. The molecule has 2 heterocycles. The van der Waals surface area contributed by atoms with E-state index in [1.165, 1.54) is 0 Å². The highest BCUT2D eigenvalue weighted by molar-refractivity contribution is 5.56. The van der Waals surface area contributed by atoms with Gasteiger partial charge in [0.1, 0.15) is 23.2 Å². The van der Waals surface area contributed by atoms with Gasteiger partial charge in [-0.05, 0) is 13.3 Å². The monoisotopic (exact) mass is 290 g/mol. The van der Waals surface area contributed by atoms with Crippen molar-refractivity contribution < 1.29 is 4.42 Å². The summed E-state index contributed by atoms with van der Waals surface area (Å²) in [5.41, 5.74) is 3.49. The summed E-state index contributed by atoms with van der Waals surface area (Å²) in [5, 5.41) is 3.24. The van der Waals surface area contributed by atoms with Gasteiger partial charge in [0.15, 0.2) is 0 Å². The van der Waals surface area contributed by atoms with Gasteiger partial charge >= 0.3 is 0 Å². The summed E-state index contributed by atoms with van der Waals surface area (Å²) >= 11 is 0. The van der Waals surface area contributed by atoms with Gasteiger partial charge < -0.3 is 15.2 Å². The lowest BCUT2D eigenvalue weighted by molar-refractivity contribution is 0.465. The Labute approximate surface area is 124 Å². The number of aryl methyl sites for hydroxylation is 2. The van der Waals surface area contributed by atoms with E-state index in [4.69, 9.17) is 10.3 Å². The minimum absolute atomic E-state index is 0.480. The fourth-order valence-corrected chi connectivity index (χ4v) is 1.96. The van der Waals surface area contributed by atoms with Crippen molar-refractivity contribution in [2.45, 2.75) is 46.6 Å². The number of nitrogens with one attached hydrogen (secondary N) is 2. The number of aromatic nitrogens is 3. The molecule has 21 heavy (non-hydrogen) atoms. The van der Waals surface area contributed by atoms with Crippen molar-refractivity contribution in [1.29, 1.82) is 0 Å². The van der Waals surface area contributed by atoms with Crippen LogP contribution in [0.15, 0.2) is 10.6 Å². The molecule has 0 amide bonds. The molecule has 0 aromatic carbocycles. The van der Waals surface area contributed by atoms with Crippen LogP contribution in [0.2, 0.25) is 0 Å². The van der Waals surface area contributed by atoms with E-state index in [-0.39, 0.29) is 0 Å². The minimum Gasteiger partial charge on any atom is -0.444 e. The Morgan fingerprint density at radius 1 is 1.24 bits per heavy atom. The van der Waals surface area contributed by atoms with Gasteiger partial charge in [-0.2, -0.15) is 0 Å². The molecule has 7 heteroatoms. The quantitative estimate of drug-likeness (QED) is 0.530. The van der Waals surface area contributed by atoms with Crippen molar-refractivity contribution in [1.82, 2.24) is 15.0 Å². The predicted octanol–water partition coefficient (Wildman–Crippen LogP) is 2.19. The third kappa shape index (κ3) is 3.69. The second-order valence-electron chi connectivity index (χ2n) is 4.78. The van der Waals surface area contributed by atoms with Gasteiger partial charge in [0.25, 0.3) is 0 Å². The smallest absolute Gasteiger partial charge is 0.213 e. The van der Waals surface area contributed by atoms with E-state index in [9.17, 15) is 0 Å². The zero-order valence-electron chi connectivity index (χ0n) is 12.7. The Bertz CT molecular complexity index is 595. The molecule has 0 saturated carbocycles. The number of nitrogens with zero attached hydrogens (tertiary/aromatic N) is 3. The zero-order valence-corrected chi connectivity index (χ0v) is 12.7. The standard InChI is InChI=1S/C14H22N6O/c1-4-6-11-18-13(9(3)14(19-11)20-15)17-8-12-16-7-10(5-2)21-12/h7H,4-6,8,15H2,1-3H3,(H2,17,18,19,20). The fourth-order valence-electron chi connectivity index (χ4n) is 1.96. The van der Waals surface area contributed by atoms with Crippen LogP contribution in [-0.2, 0) is 19.4 Å². The van der Waals surface area contributed by atoms with Gasteiger partial charge in [-0.15, -0.1) is 0 Å². The van der Waals surface area contributed by atoms with Gasteiger partial charge in [-0.3, -0.25) is 0 Å². The Kier molecular flexibility index (Phi) is 5.10. The van der Waals surface area contributed by atoms with Crippen LogP contribution in [0.5, 0.6) is 0 Å². The average Bonchev–Trinajstić information content (AvgIpc) is 2.95. The summed E-state index contributed by atoms with van der Waals surface area (Å²) in [5.74, 6) is 9.18.